The zero-order chi connectivity index (χ0) is 17.5. The number of carbonyl (C=O) groups excluding carboxylic acids is 2. The maximum atomic E-state index is 11.9. The van der Waals surface area contributed by atoms with Crippen LogP contribution in [-0.2, 0) is 22.4 Å². The lowest BCUT2D eigenvalue weighted by Crippen LogP contribution is -2.27. The van der Waals surface area contributed by atoms with E-state index in [2.05, 4.69) is 10.6 Å². The predicted molar refractivity (Wildman–Crippen MR) is 90.9 cm³/mol. The fourth-order valence-corrected chi connectivity index (χ4v) is 2.23. The molecule has 24 heavy (non-hydrogen) atoms. The quantitative estimate of drug-likeness (QED) is 0.609. The number of aromatic hydroxyl groups is 2. The second-order valence-corrected chi connectivity index (χ2v) is 5.48. The average molecular weight is 328 g/mol. The Morgan fingerprint density at radius 3 is 2.25 bits per heavy atom. The van der Waals surface area contributed by atoms with Crippen LogP contribution in [0, 0.1) is 0 Å². The zero-order valence-corrected chi connectivity index (χ0v) is 13.4. The molecular weight excluding hydrogens is 308 g/mol. The van der Waals surface area contributed by atoms with Gasteiger partial charge in [-0.3, -0.25) is 9.59 Å². The Balaban J connectivity index is 1.78. The topological polar surface area (TPSA) is 98.7 Å². The van der Waals surface area contributed by atoms with Crippen molar-refractivity contribution in [2.75, 3.05) is 11.9 Å². The largest absolute Gasteiger partial charge is 0.504 e. The van der Waals surface area contributed by atoms with Crippen molar-refractivity contribution in [1.29, 1.82) is 0 Å². The summed E-state index contributed by atoms with van der Waals surface area (Å²) in [6.45, 7) is 1.88. The minimum atomic E-state index is -0.168. The van der Waals surface area contributed by atoms with Crippen LogP contribution in [0.3, 0.4) is 0 Å². The standard InChI is InChI=1S/C18H20N2O4/c1-12(21)20-15-5-2-13(3-6-15)11-18(24)19-9-8-14-4-7-16(22)17(23)10-14/h2-7,10,22-23H,8-9,11H2,1H3,(H,19,24)(H,20,21). The number of amides is 2. The maximum absolute atomic E-state index is 11.9. The molecule has 2 amide bonds. The summed E-state index contributed by atoms with van der Waals surface area (Å²) in [5.74, 6) is -0.574. The van der Waals surface area contributed by atoms with Crippen molar-refractivity contribution in [2.24, 2.45) is 0 Å². The van der Waals surface area contributed by atoms with E-state index in [0.717, 1.165) is 11.1 Å². The molecule has 2 aromatic rings. The molecule has 0 aliphatic heterocycles. The van der Waals surface area contributed by atoms with Gasteiger partial charge in [0.15, 0.2) is 11.5 Å². The van der Waals surface area contributed by atoms with Crippen LogP contribution in [0.4, 0.5) is 5.69 Å². The number of hydrogen-bond acceptors (Lipinski definition) is 4. The van der Waals surface area contributed by atoms with Gasteiger partial charge in [0.2, 0.25) is 11.8 Å². The van der Waals surface area contributed by atoms with Crippen molar-refractivity contribution in [3.63, 3.8) is 0 Å². The van der Waals surface area contributed by atoms with Gasteiger partial charge in [-0.15, -0.1) is 0 Å². The molecule has 0 aliphatic rings. The van der Waals surface area contributed by atoms with Crippen LogP contribution < -0.4 is 10.6 Å². The number of phenolic OH excluding ortho intramolecular Hbond substituents is 2. The number of anilines is 1. The van der Waals surface area contributed by atoms with Crippen molar-refractivity contribution in [1.82, 2.24) is 5.32 Å². The Labute approximate surface area is 140 Å². The number of phenols is 2. The highest BCUT2D eigenvalue weighted by Crippen LogP contribution is 2.24. The van der Waals surface area contributed by atoms with Gasteiger partial charge in [-0.1, -0.05) is 18.2 Å². The third-order valence-electron chi connectivity index (χ3n) is 3.41. The molecule has 2 aromatic carbocycles. The van der Waals surface area contributed by atoms with E-state index in [1.807, 2.05) is 0 Å². The minimum absolute atomic E-state index is 0.106. The molecule has 0 aromatic heterocycles. The molecule has 2 rings (SSSR count). The smallest absolute Gasteiger partial charge is 0.224 e. The van der Waals surface area contributed by atoms with Gasteiger partial charge in [0.05, 0.1) is 6.42 Å². The summed E-state index contributed by atoms with van der Waals surface area (Å²) in [7, 11) is 0. The molecule has 0 fully saturated rings. The molecule has 6 heteroatoms. The van der Waals surface area contributed by atoms with Crippen LogP contribution in [0.5, 0.6) is 11.5 Å². The first-order chi connectivity index (χ1) is 11.4. The molecule has 0 unspecified atom stereocenters. The molecule has 126 valence electrons. The molecule has 0 bridgehead atoms. The van der Waals surface area contributed by atoms with Crippen LogP contribution in [0.25, 0.3) is 0 Å². The van der Waals surface area contributed by atoms with Crippen molar-refractivity contribution in [2.45, 2.75) is 19.8 Å². The van der Waals surface area contributed by atoms with Crippen molar-refractivity contribution >= 4 is 17.5 Å². The molecule has 0 heterocycles. The Bertz CT molecular complexity index is 726. The summed E-state index contributed by atoms with van der Waals surface area (Å²) in [5, 5.41) is 24.1. The van der Waals surface area contributed by atoms with Crippen molar-refractivity contribution < 1.29 is 19.8 Å². The number of hydrogen-bond donors (Lipinski definition) is 4. The van der Waals surface area contributed by atoms with E-state index in [1.165, 1.54) is 19.1 Å². The van der Waals surface area contributed by atoms with Crippen LogP contribution in [-0.4, -0.2) is 28.6 Å². The van der Waals surface area contributed by atoms with Crippen molar-refractivity contribution in [3.05, 3.63) is 53.6 Å². The van der Waals surface area contributed by atoms with Gasteiger partial charge in [0, 0.05) is 19.2 Å². The molecule has 0 aliphatic carbocycles. The first kappa shape index (κ1) is 17.3. The average Bonchev–Trinajstić information content (AvgIpc) is 2.52. The highest BCUT2D eigenvalue weighted by Gasteiger charge is 2.05. The van der Waals surface area contributed by atoms with Crippen LogP contribution >= 0.6 is 0 Å². The van der Waals surface area contributed by atoms with Crippen LogP contribution in [0.1, 0.15) is 18.1 Å². The first-order valence-corrected chi connectivity index (χ1v) is 7.58. The molecule has 0 spiro atoms. The summed E-state index contributed by atoms with van der Waals surface area (Å²) in [4.78, 5) is 22.9. The van der Waals surface area contributed by atoms with E-state index in [0.29, 0.717) is 18.7 Å². The third kappa shape index (κ3) is 5.31. The Hall–Kier alpha value is -3.02. The monoisotopic (exact) mass is 328 g/mol. The number of benzene rings is 2. The van der Waals surface area contributed by atoms with E-state index < -0.39 is 0 Å². The molecule has 0 saturated heterocycles. The lowest BCUT2D eigenvalue weighted by molar-refractivity contribution is -0.120. The Morgan fingerprint density at radius 1 is 0.958 bits per heavy atom. The van der Waals surface area contributed by atoms with Gasteiger partial charge in [-0.2, -0.15) is 0 Å². The van der Waals surface area contributed by atoms with Gasteiger partial charge in [-0.25, -0.2) is 0 Å². The second kappa shape index (κ2) is 8.01. The summed E-state index contributed by atoms with van der Waals surface area (Å²) < 4.78 is 0. The fourth-order valence-electron chi connectivity index (χ4n) is 2.23. The number of carbonyl (C=O) groups is 2. The van der Waals surface area contributed by atoms with Crippen LogP contribution in [0.2, 0.25) is 0 Å². The van der Waals surface area contributed by atoms with Gasteiger partial charge in [0.1, 0.15) is 0 Å². The number of rotatable bonds is 6. The highest BCUT2D eigenvalue weighted by atomic mass is 16.3. The normalized spacial score (nSPS) is 10.2. The molecular formula is C18H20N2O4. The summed E-state index contributed by atoms with van der Waals surface area (Å²) >= 11 is 0. The van der Waals surface area contributed by atoms with E-state index in [-0.39, 0.29) is 29.7 Å². The van der Waals surface area contributed by atoms with Gasteiger partial charge in [0.25, 0.3) is 0 Å². The van der Waals surface area contributed by atoms with E-state index in [9.17, 15) is 19.8 Å². The Kier molecular flexibility index (Phi) is 5.78. The van der Waals surface area contributed by atoms with Crippen LogP contribution in [0.15, 0.2) is 42.5 Å². The van der Waals surface area contributed by atoms with Gasteiger partial charge in [-0.05, 0) is 41.8 Å². The van der Waals surface area contributed by atoms with E-state index in [4.69, 9.17) is 0 Å². The van der Waals surface area contributed by atoms with E-state index >= 15 is 0 Å². The molecule has 0 radical (unpaired) electrons. The predicted octanol–water partition coefficient (Wildman–Crippen LogP) is 1.96. The van der Waals surface area contributed by atoms with Crippen molar-refractivity contribution in [3.8, 4) is 11.5 Å². The minimum Gasteiger partial charge on any atom is -0.504 e. The lowest BCUT2D eigenvalue weighted by atomic mass is 10.1. The zero-order valence-electron chi connectivity index (χ0n) is 13.4. The first-order valence-electron chi connectivity index (χ1n) is 7.58. The SMILES string of the molecule is CC(=O)Nc1ccc(CC(=O)NCCc2ccc(O)c(O)c2)cc1. The van der Waals surface area contributed by atoms with Gasteiger partial charge >= 0.3 is 0 Å². The molecule has 6 nitrogen and oxygen atoms in total. The Morgan fingerprint density at radius 2 is 1.62 bits per heavy atom. The van der Waals surface area contributed by atoms with Gasteiger partial charge < -0.3 is 20.8 Å². The molecule has 0 atom stereocenters. The maximum Gasteiger partial charge on any atom is 0.224 e. The third-order valence-corrected chi connectivity index (χ3v) is 3.41. The number of nitrogens with one attached hydrogen (secondary N) is 2. The summed E-state index contributed by atoms with van der Waals surface area (Å²) in [6.07, 6.45) is 0.808. The highest BCUT2D eigenvalue weighted by molar-refractivity contribution is 5.88. The van der Waals surface area contributed by atoms with E-state index in [1.54, 1.807) is 30.3 Å². The second-order valence-electron chi connectivity index (χ2n) is 5.48. The molecule has 4 N–H and O–H groups in total. The fraction of sp³-hybridized carbons (Fsp3) is 0.222. The summed E-state index contributed by atoms with van der Waals surface area (Å²) in [6, 6.07) is 11.7. The lowest BCUT2D eigenvalue weighted by Gasteiger charge is -2.07. The molecule has 0 saturated carbocycles. The summed E-state index contributed by atoms with van der Waals surface area (Å²) in [5.41, 5.74) is 2.37.